The lowest BCUT2D eigenvalue weighted by Gasteiger charge is -2.22. The van der Waals surface area contributed by atoms with Gasteiger partial charge in [0.05, 0.1) is 62.0 Å². The average Bonchev–Trinajstić information content (AvgIpc) is 3.66. The highest BCUT2D eigenvalue weighted by Crippen LogP contribution is 2.43. The number of carbonyl (C=O) groups is 2. The number of hydrogen-bond donors (Lipinski definition) is 0. The molecule has 4 aromatic rings. The molecule has 0 spiro atoms. The minimum Gasteiger partial charge on any atom is -0.493 e. The lowest BCUT2D eigenvalue weighted by molar-refractivity contribution is 0.0978. The van der Waals surface area contributed by atoms with E-state index in [9.17, 15) is 9.59 Å². The molecule has 0 saturated carbocycles. The van der Waals surface area contributed by atoms with Crippen LogP contribution in [0.1, 0.15) is 71.9 Å². The van der Waals surface area contributed by atoms with Gasteiger partial charge >= 0.3 is 0 Å². The largest absolute Gasteiger partial charge is 0.493 e. The third kappa shape index (κ3) is 7.29. The normalized spacial score (nSPS) is 17.8. The molecule has 10 nitrogen and oxygen atoms in total. The van der Waals surface area contributed by atoms with Crippen molar-refractivity contribution in [1.82, 2.24) is 0 Å². The average molecular weight is 759 g/mol. The van der Waals surface area contributed by atoms with E-state index in [-0.39, 0.29) is 23.9 Å². The number of rotatable bonds is 12. The molecule has 11 heteroatoms. The number of fused-ring (bicyclic) bond motifs is 8. The van der Waals surface area contributed by atoms with Gasteiger partial charge in [-0.25, -0.2) is 0 Å². The van der Waals surface area contributed by atoms with Gasteiger partial charge in [-0.1, -0.05) is 39.0 Å². The topological polar surface area (TPSA) is 102 Å². The summed E-state index contributed by atoms with van der Waals surface area (Å²) in [5, 5.41) is 0. The number of benzene rings is 4. The van der Waals surface area contributed by atoms with Gasteiger partial charge in [0, 0.05) is 60.1 Å². The summed E-state index contributed by atoms with van der Waals surface area (Å²) in [7, 11) is 3.13. The molecule has 0 bridgehead atoms. The number of nitrogens with zero attached hydrogens (tertiary/aromatic N) is 4. The Morgan fingerprint density at radius 3 is 1.84 bits per heavy atom. The summed E-state index contributed by atoms with van der Waals surface area (Å²) in [5.74, 6) is 2.77. The Kier molecular flexibility index (Phi) is 10.1. The van der Waals surface area contributed by atoms with Crippen LogP contribution in [0.4, 0.5) is 22.7 Å². The van der Waals surface area contributed by atoms with Gasteiger partial charge in [0.1, 0.15) is 0 Å². The summed E-state index contributed by atoms with van der Waals surface area (Å²) in [4.78, 5) is 42.2. The first-order valence-electron chi connectivity index (χ1n) is 18.9. The highest BCUT2D eigenvalue weighted by Gasteiger charge is 2.38. The van der Waals surface area contributed by atoms with Gasteiger partial charge in [0.15, 0.2) is 23.0 Å². The molecule has 0 fully saturated rings. The maximum Gasteiger partial charge on any atom is 0.261 e. The number of carbonyl (C=O) groups excluding carboxylic acids is 2. The first-order chi connectivity index (χ1) is 26.6. The van der Waals surface area contributed by atoms with Crippen molar-refractivity contribution in [3.8, 4) is 23.0 Å². The van der Waals surface area contributed by atoms with E-state index in [1.807, 2.05) is 52.2 Å². The van der Waals surface area contributed by atoms with Crippen LogP contribution in [0, 0.1) is 5.41 Å². The van der Waals surface area contributed by atoms with E-state index in [0.717, 1.165) is 35.5 Å². The fourth-order valence-electron chi connectivity index (χ4n) is 7.73. The van der Waals surface area contributed by atoms with Crippen LogP contribution in [-0.2, 0) is 12.8 Å². The van der Waals surface area contributed by atoms with Crippen LogP contribution in [0.25, 0.3) is 0 Å². The first-order valence-corrected chi connectivity index (χ1v) is 19.9. The molecule has 4 aliphatic rings. The third-order valence-corrected chi connectivity index (χ3v) is 11.5. The first kappa shape index (κ1) is 36.7. The fraction of sp³-hybridized carbons (Fsp3) is 0.364. The second kappa shape index (κ2) is 15.1. The molecular weight excluding hydrogens is 713 g/mol. The van der Waals surface area contributed by atoms with Crippen molar-refractivity contribution >= 4 is 58.8 Å². The standard InChI is InChI=1S/C44H46N4O6S/c1-44(2,3)14-8-17-55-31-12-13-37-28(20-31)19-30-26-46-35-24-41(39(52-5)22-33(35)43(50)48(30)37)54-16-9-15-53-40-23-34-32(21-38(40)51-4)42(49)47-29(25-45-34)18-27-10-6-7-11-36(27)47/h6-7,10-13,20-26,29-30H,8-9,14-19H2,1-5H3/t29-,30-/m0/s1. The maximum atomic E-state index is 14.1. The Balaban J connectivity index is 0.902. The second-order valence-electron chi connectivity index (χ2n) is 15.5. The molecule has 0 aromatic heterocycles. The summed E-state index contributed by atoms with van der Waals surface area (Å²) in [6.45, 7) is 7.49. The molecule has 8 rings (SSSR count). The molecule has 0 radical (unpaired) electrons. The zero-order chi connectivity index (χ0) is 38.3. The van der Waals surface area contributed by atoms with Crippen LogP contribution in [0.3, 0.4) is 0 Å². The van der Waals surface area contributed by atoms with Crippen LogP contribution in [-0.4, -0.2) is 69.5 Å². The van der Waals surface area contributed by atoms with E-state index in [0.29, 0.717) is 70.5 Å². The molecule has 4 aromatic carbocycles. The Morgan fingerprint density at radius 1 is 0.691 bits per heavy atom. The Hall–Kier alpha value is -5.29. The minimum absolute atomic E-state index is 0.106. The second-order valence-corrected chi connectivity index (χ2v) is 16.6. The lowest BCUT2D eigenvalue weighted by Crippen LogP contribution is -2.37. The summed E-state index contributed by atoms with van der Waals surface area (Å²) in [5.41, 5.74) is 6.52. The molecule has 0 aliphatic carbocycles. The van der Waals surface area contributed by atoms with Crippen molar-refractivity contribution < 1.29 is 28.5 Å². The van der Waals surface area contributed by atoms with E-state index >= 15 is 0 Å². The van der Waals surface area contributed by atoms with Crippen molar-refractivity contribution in [2.75, 3.05) is 43.0 Å². The van der Waals surface area contributed by atoms with E-state index in [4.69, 9.17) is 28.9 Å². The van der Waals surface area contributed by atoms with E-state index in [2.05, 4.69) is 45.0 Å². The zero-order valence-electron chi connectivity index (χ0n) is 32.0. The summed E-state index contributed by atoms with van der Waals surface area (Å²) < 4.78 is 23.7. The molecule has 55 heavy (non-hydrogen) atoms. The summed E-state index contributed by atoms with van der Waals surface area (Å²) in [6.07, 6.45) is 8.07. The highest BCUT2D eigenvalue weighted by atomic mass is 32.2. The highest BCUT2D eigenvalue weighted by molar-refractivity contribution is 7.99. The zero-order valence-corrected chi connectivity index (χ0v) is 32.8. The van der Waals surface area contributed by atoms with Gasteiger partial charge in [-0.3, -0.25) is 29.4 Å². The fourth-order valence-corrected chi connectivity index (χ4v) is 8.64. The molecule has 2 amide bonds. The number of hydrogen-bond acceptors (Lipinski definition) is 9. The van der Waals surface area contributed by atoms with Crippen molar-refractivity contribution in [1.29, 1.82) is 0 Å². The number of aliphatic imine (C=N–C) groups is 2. The van der Waals surface area contributed by atoms with Crippen molar-refractivity contribution in [3.63, 3.8) is 0 Å². The molecular formula is C44H46N4O6S. The summed E-state index contributed by atoms with van der Waals surface area (Å²) in [6, 6.07) is 21.1. The van der Waals surface area contributed by atoms with Crippen molar-refractivity contribution in [2.24, 2.45) is 15.4 Å². The predicted molar refractivity (Wildman–Crippen MR) is 219 cm³/mol. The van der Waals surface area contributed by atoms with Gasteiger partial charge in [-0.05, 0) is 71.5 Å². The van der Waals surface area contributed by atoms with Gasteiger partial charge in [0.25, 0.3) is 11.8 Å². The van der Waals surface area contributed by atoms with Crippen molar-refractivity contribution in [3.05, 3.63) is 89.0 Å². The lowest BCUT2D eigenvalue weighted by atomic mass is 9.91. The summed E-state index contributed by atoms with van der Waals surface area (Å²) >= 11 is 1.88. The molecule has 4 aliphatic heterocycles. The Labute approximate surface area is 326 Å². The maximum absolute atomic E-state index is 14.1. The number of methoxy groups -OCH3 is 2. The van der Waals surface area contributed by atoms with Crippen molar-refractivity contribution in [2.45, 2.75) is 69.9 Å². The molecule has 0 unspecified atom stereocenters. The van der Waals surface area contributed by atoms with Gasteiger partial charge in [-0.15, -0.1) is 11.8 Å². The molecule has 284 valence electrons. The van der Waals surface area contributed by atoms with Crippen LogP contribution < -0.4 is 28.7 Å². The molecule has 4 heterocycles. The molecule has 0 saturated heterocycles. The quantitative estimate of drug-likeness (QED) is 0.105. The van der Waals surface area contributed by atoms with Crippen LogP contribution in [0.15, 0.2) is 81.6 Å². The number of ether oxygens (including phenoxy) is 4. The number of anilines is 2. The Bertz CT molecular complexity index is 2210. The molecule has 0 N–H and O–H groups in total. The number of para-hydroxylation sites is 1. The Morgan fingerprint density at radius 2 is 1.25 bits per heavy atom. The smallest absolute Gasteiger partial charge is 0.261 e. The van der Waals surface area contributed by atoms with E-state index in [1.165, 1.54) is 23.3 Å². The van der Waals surface area contributed by atoms with Gasteiger partial charge in [-0.2, -0.15) is 0 Å². The van der Waals surface area contributed by atoms with E-state index in [1.54, 1.807) is 38.5 Å². The third-order valence-electron chi connectivity index (χ3n) is 10.5. The molecule has 2 atom stereocenters. The van der Waals surface area contributed by atoms with E-state index < -0.39 is 0 Å². The van der Waals surface area contributed by atoms with Crippen LogP contribution in [0.2, 0.25) is 0 Å². The van der Waals surface area contributed by atoms with Gasteiger partial charge in [0.2, 0.25) is 0 Å². The number of amides is 2. The minimum atomic E-state index is -0.161. The van der Waals surface area contributed by atoms with Gasteiger partial charge < -0.3 is 18.9 Å². The SMILES string of the molecule is COc1cc2c(cc1OCCCOc1cc3c(cc1OC)C(=O)N1c4ccc(SCCCC(C)(C)C)cc4C[C@H]1C=N3)N=C[C@@H]1Cc3ccccc3N1C2=O. The number of thioether (sulfide) groups is 1. The predicted octanol–water partition coefficient (Wildman–Crippen LogP) is 9.04. The monoisotopic (exact) mass is 758 g/mol. The van der Waals surface area contributed by atoms with Crippen LogP contribution >= 0.6 is 11.8 Å². The van der Waals surface area contributed by atoms with Crippen LogP contribution in [0.5, 0.6) is 23.0 Å².